The smallest absolute Gasteiger partial charge is 0.248 e. The highest BCUT2D eigenvalue weighted by Gasteiger charge is 1.79. The van der Waals surface area contributed by atoms with E-state index in [-0.39, 0.29) is 30.4 Å². The quantitative estimate of drug-likeness (QED) is 0.648. The summed E-state index contributed by atoms with van der Waals surface area (Å²) in [7, 11) is 0. The minimum Gasteiger partial charge on any atom is -0.327 e. The lowest BCUT2D eigenvalue weighted by atomic mass is 10.4. The highest BCUT2D eigenvalue weighted by molar-refractivity contribution is 5.85. The molecule has 0 unspecified atom stereocenters. The molecule has 0 aliphatic carbocycles. The molecule has 0 atom stereocenters. The second-order valence-electron chi connectivity index (χ2n) is 1.70. The van der Waals surface area contributed by atoms with Crippen LogP contribution in [0.5, 0.6) is 0 Å². The third-order valence-electron chi connectivity index (χ3n) is 0.914. The maximum atomic E-state index is 10.4. The van der Waals surface area contributed by atoms with Crippen molar-refractivity contribution in [3.8, 4) is 0 Å². The summed E-state index contributed by atoms with van der Waals surface area (Å²) in [5, 5.41) is 0. The molecular weight excluding hydrogens is 173 g/mol. The number of hydrogen-bond acceptors (Lipinski definition) is 1. The van der Waals surface area contributed by atoms with E-state index < -0.39 is 0 Å². The molecule has 0 amide bonds. The molecule has 4 heteroatoms. The minimum atomic E-state index is -0.0370. The van der Waals surface area contributed by atoms with Gasteiger partial charge in [0.25, 0.3) is 0 Å². The van der Waals surface area contributed by atoms with Crippen LogP contribution in [0.15, 0.2) is 23.0 Å². The maximum absolute atomic E-state index is 10.4. The van der Waals surface area contributed by atoms with Gasteiger partial charge >= 0.3 is 0 Å². The van der Waals surface area contributed by atoms with Gasteiger partial charge in [-0.05, 0) is 13.0 Å². The number of halogens is 2. The second kappa shape index (κ2) is 5.33. The Hall–Kier alpha value is -0.470. The summed E-state index contributed by atoms with van der Waals surface area (Å²) in [6, 6.07) is 5.07. The van der Waals surface area contributed by atoms with Gasteiger partial charge in [0.15, 0.2) is 0 Å². The second-order valence-corrected chi connectivity index (χ2v) is 1.70. The predicted octanol–water partition coefficient (Wildman–Crippen LogP) is 1.53. The lowest BCUT2D eigenvalue weighted by Crippen LogP contribution is -2.02. The van der Waals surface area contributed by atoms with E-state index >= 15 is 0 Å². The van der Waals surface area contributed by atoms with Crippen LogP contribution in [-0.2, 0) is 0 Å². The average molecular weight is 182 g/mol. The fraction of sp³-hybridized carbons (Fsp3) is 0.167. The van der Waals surface area contributed by atoms with Crippen molar-refractivity contribution in [2.24, 2.45) is 0 Å². The maximum Gasteiger partial charge on any atom is 0.248 e. The fourth-order valence-electron chi connectivity index (χ4n) is 0.558. The van der Waals surface area contributed by atoms with Crippen LogP contribution in [0.4, 0.5) is 0 Å². The van der Waals surface area contributed by atoms with Crippen molar-refractivity contribution < 1.29 is 0 Å². The van der Waals surface area contributed by atoms with E-state index in [1.54, 1.807) is 6.07 Å². The third-order valence-corrected chi connectivity index (χ3v) is 0.914. The molecule has 1 rings (SSSR count). The van der Waals surface area contributed by atoms with Gasteiger partial charge in [-0.2, -0.15) is 0 Å². The molecule has 0 aliphatic heterocycles. The monoisotopic (exact) mass is 181 g/mol. The Morgan fingerprint density at radius 1 is 1.30 bits per heavy atom. The Bertz CT molecular complexity index is 233. The number of hydrogen-bond donors (Lipinski definition) is 1. The Morgan fingerprint density at radius 2 is 1.90 bits per heavy atom. The van der Waals surface area contributed by atoms with Crippen LogP contribution in [0.2, 0.25) is 0 Å². The molecular formula is C6H9Cl2NO. The summed E-state index contributed by atoms with van der Waals surface area (Å²) in [5.41, 5.74) is 0.863. The van der Waals surface area contributed by atoms with Crippen LogP contribution in [-0.4, -0.2) is 4.98 Å². The number of pyridine rings is 1. The molecule has 1 heterocycles. The predicted molar refractivity (Wildman–Crippen MR) is 46.3 cm³/mol. The Labute approximate surface area is 71.5 Å². The van der Waals surface area contributed by atoms with E-state index in [0.717, 1.165) is 5.69 Å². The van der Waals surface area contributed by atoms with Crippen LogP contribution in [0.3, 0.4) is 0 Å². The van der Waals surface area contributed by atoms with Gasteiger partial charge in [-0.3, -0.25) is 4.79 Å². The van der Waals surface area contributed by atoms with Crippen molar-refractivity contribution >= 4 is 24.8 Å². The van der Waals surface area contributed by atoms with E-state index in [9.17, 15) is 4.79 Å². The van der Waals surface area contributed by atoms with E-state index in [4.69, 9.17) is 0 Å². The lowest BCUT2D eigenvalue weighted by molar-refractivity contribution is 1.14. The SMILES string of the molecule is Cc1cccc(=O)[nH]1.Cl.Cl. The molecule has 0 aliphatic rings. The van der Waals surface area contributed by atoms with E-state index in [1.807, 2.05) is 13.0 Å². The third kappa shape index (κ3) is 3.54. The normalized spacial score (nSPS) is 7.30. The zero-order valence-electron chi connectivity index (χ0n) is 5.46. The van der Waals surface area contributed by atoms with Crippen molar-refractivity contribution in [1.29, 1.82) is 0 Å². The first-order valence-electron chi connectivity index (χ1n) is 2.45. The Kier molecular flexibility index (Phi) is 6.51. The molecule has 0 aromatic carbocycles. The molecule has 10 heavy (non-hydrogen) atoms. The van der Waals surface area contributed by atoms with Gasteiger partial charge in [-0.15, -0.1) is 24.8 Å². The molecule has 0 saturated carbocycles. The largest absolute Gasteiger partial charge is 0.327 e. The first-order valence-corrected chi connectivity index (χ1v) is 2.45. The number of aromatic nitrogens is 1. The van der Waals surface area contributed by atoms with Gasteiger partial charge < -0.3 is 4.98 Å². The Morgan fingerprint density at radius 3 is 2.20 bits per heavy atom. The molecule has 1 aromatic heterocycles. The van der Waals surface area contributed by atoms with Crippen molar-refractivity contribution in [2.45, 2.75) is 6.92 Å². The first-order chi connectivity index (χ1) is 3.79. The fourth-order valence-corrected chi connectivity index (χ4v) is 0.558. The summed E-state index contributed by atoms with van der Waals surface area (Å²) >= 11 is 0. The van der Waals surface area contributed by atoms with Crippen molar-refractivity contribution in [2.75, 3.05) is 0 Å². The summed E-state index contributed by atoms with van der Waals surface area (Å²) in [6.07, 6.45) is 0. The van der Waals surface area contributed by atoms with Crippen LogP contribution in [0, 0.1) is 6.92 Å². The molecule has 0 saturated heterocycles. The molecule has 1 N–H and O–H groups in total. The number of aryl methyl sites for hydroxylation is 1. The average Bonchev–Trinajstić information content (AvgIpc) is 1.64. The van der Waals surface area contributed by atoms with Gasteiger partial charge in [0.05, 0.1) is 0 Å². The van der Waals surface area contributed by atoms with Gasteiger partial charge in [0.1, 0.15) is 0 Å². The first kappa shape index (κ1) is 12.2. The zero-order valence-corrected chi connectivity index (χ0v) is 7.09. The topological polar surface area (TPSA) is 32.9 Å². The molecule has 0 spiro atoms. The van der Waals surface area contributed by atoms with Gasteiger partial charge in [0, 0.05) is 11.8 Å². The highest BCUT2D eigenvalue weighted by Crippen LogP contribution is 1.81. The van der Waals surface area contributed by atoms with Gasteiger partial charge in [0.2, 0.25) is 5.56 Å². The van der Waals surface area contributed by atoms with Crippen molar-refractivity contribution in [3.63, 3.8) is 0 Å². The molecule has 58 valence electrons. The standard InChI is InChI=1S/C6H7NO.2ClH/c1-5-3-2-4-6(8)7-5;;/h2-4H,1H3,(H,7,8);2*1H. The van der Waals surface area contributed by atoms with E-state index in [0.29, 0.717) is 0 Å². The lowest BCUT2D eigenvalue weighted by Gasteiger charge is -1.84. The highest BCUT2D eigenvalue weighted by atomic mass is 35.5. The number of rotatable bonds is 0. The van der Waals surface area contributed by atoms with Crippen molar-refractivity contribution in [1.82, 2.24) is 4.98 Å². The van der Waals surface area contributed by atoms with Crippen LogP contribution in [0.1, 0.15) is 5.69 Å². The van der Waals surface area contributed by atoms with Crippen molar-refractivity contribution in [3.05, 3.63) is 34.2 Å². The number of H-pyrrole nitrogens is 1. The molecule has 1 aromatic rings. The molecule has 0 bridgehead atoms. The van der Waals surface area contributed by atoms with Gasteiger partial charge in [-0.25, -0.2) is 0 Å². The van der Waals surface area contributed by atoms with E-state index in [2.05, 4.69) is 4.98 Å². The van der Waals surface area contributed by atoms with Crippen LogP contribution < -0.4 is 5.56 Å². The Balaban J connectivity index is 0. The van der Waals surface area contributed by atoms with Crippen LogP contribution in [0.25, 0.3) is 0 Å². The zero-order chi connectivity index (χ0) is 5.98. The summed E-state index contributed by atoms with van der Waals surface area (Å²) in [6.45, 7) is 1.85. The number of nitrogens with one attached hydrogen (secondary N) is 1. The van der Waals surface area contributed by atoms with Gasteiger partial charge in [-0.1, -0.05) is 6.07 Å². The summed E-state index contributed by atoms with van der Waals surface area (Å²) in [5.74, 6) is 0. The minimum absolute atomic E-state index is 0. The van der Waals surface area contributed by atoms with E-state index in [1.165, 1.54) is 6.07 Å². The summed E-state index contributed by atoms with van der Waals surface area (Å²) < 4.78 is 0. The molecule has 0 fully saturated rings. The summed E-state index contributed by atoms with van der Waals surface area (Å²) in [4.78, 5) is 13.0. The molecule has 2 nitrogen and oxygen atoms in total. The van der Waals surface area contributed by atoms with Crippen LogP contribution >= 0.6 is 24.8 Å². The molecule has 0 radical (unpaired) electrons. The number of aromatic amines is 1.